The van der Waals surface area contributed by atoms with Crippen LogP contribution in [0.2, 0.25) is 0 Å². The Hall–Kier alpha value is -1.40. The van der Waals surface area contributed by atoms with Crippen LogP contribution in [-0.2, 0) is 6.54 Å². The summed E-state index contributed by atoms with van der Waals surface area (Å²) in [5, 5.41) is 9.67. The van der Waals surface area contributed by atoms with Crippen molar-refractivity contribution in [3.63, 3.8) is 0 Å². The molecule has 2 rings (SSSR count). The lowest BCUT2D eigenvalue weighted by molar-refractivity contribution is -0.0514. The number of hydrogen-bond donors (Lipinski definition) is 1. The molecule has 1 unspecified atom stereocenters. The summed E-state index contributed by atoms with van der Waals surface area (Å²) in [5.41, 5.74) is 0.953. The third kappa shape index (κ3) is 4.82. The number of ether oxygens (including phenoxy) is 2. The zero-order valence-corrected chi connectivity index (χ0v) is 12.1. The summed E-state index contributed by atoms with van der Waals surface area (Å²) < 4.78 is 34.5. The first-order valence-corrected chi connectivity index (χ1v) is 7.19. The molecule has 0 aromatic heterocycles. The fraction of sp³-hybridized carbons (Fsp3) is 0.600. The van der Waals surface area contributed by atoms with Crippen molar-refractivity contribution in [3.8, 4) is 11.5 Å². The van der Waals surface area contributed by atoms with Gasteiger partial charge in [0.1, 0.15) is 0 Å². The Labute approximate surface area is 123 Å². The van der Waals surface area contributed by atoms with Gasteiger partial charge in [0.05, 0.1) is 12.7 Å². The lowest BCUT2D eigenvalue weighted by atomic mass is 10.1. The third-order valence-electron chi connectivity index (χ3n) is 3.41. The molecular weight excluding hydrogens is 280 g/mol. The minimum absolute atomic E-state index is 0.0503. The Morgan fingerprint density at radius 2 is 2.19 bits per heavy atom. The number of aliphatic hydroxyl groups is 1. The Morgan fingerprint density at radius 3 is 2.86 bits per heavy atom. The number of benzene rings is 1. The summed E-state index contributed by atoms with van der Waals surface area (Å²) in [4.78, 5) is 2.15. The Morgan fingerprint density at radius 1 is 1.38 bits per heavy atom. The molecule has 1 N–H and O–H groups in total. The maximum Gasteiger partial charge on any atom is 0.387 e. The number of β-amino-alcohol motifs (C(OH)–C–C–N with tert-alkyl or cyclic N) is 1. The highest BCUT2D eigenvalue weighted by Crippen LogP contribution is 2.30. The quantitative estimate of drug-likeness (QED) is 0.877. The molecule has 0 aliphatic carbocycles. The number of halogens is 2. The van der Waals surface area contributed by atoms with Crippen molar-refractivity contribution >= 4 is 0 Å². The minimum atomic E-state index is -2.87. The number of piperidine rings is 1. The van der Waals surface area contributed by atoms with Crippen molar-refractivity contribution < 1.29 is 23.4 Å². The van der Waals surface area contributed by atoms with Crippen LogP contribution >= 0.6 is 0 Å². The SMILES string of the molecule is CCOc1cc(CN2CCCC(O)C2)ccc1OC(F)F. The maximum atomic E-state index is 12.3. The molecule has 1 fully saturated rings. The van der Waals surface area contributed by atoms with E-state index in [9.17, 15) is 13.9 Å². The van der Waals surface area contributed by atoms with Crippen molar-refractivity contribution in [2.75, 3.05) is 19.7 Å². The third-order valence-corrected chi connectivity index (χ3v) is 3.41. The Balaban J connectivity index is 2.07. The van der Waals surface area contributed by atoms with Crippen LogP contribution in [-0.4, -0.2) is 42.4 Å². The molecule has 1 aliphatic heterocycles. The molecule has 1 aromatic carbocycles. The highest BCUT2D eigenvalue weighted by molar-refractivity contribution is 5.43. The number of hydrogen-bond acceptors (Lipinski definition) is 4. The van der Waals surface area contributed by atoms with Crippen LogP contribution in [0.5, 0.6) is 11.5 Å². The number of nitrogens with zero attached hydrogens (tertiary/aromatic N) is 1. The van der Waals surface area contributed by atoms with Crippen LogP contribution in [0.4, 0.5) is 8.78 Å². The van der Waals surface area contributed by atoms with Gasteiger partial charge < -0.3 is 14.6 Å². The van der Waals surface area contributed by atoms with Crippen LogP contribution in [0.3, 0.4) is 0 Å². The van der Waals surface area contributed by atoms with E-state index in [1.807, 2.05) is 0 Å². The summed E-state index contributed by atoms with van der Waals surface area (Å²) >= 11 is 0. The fourth-order valence-electron chi connectivity index (χ4n) is 2.55. The predicted molar refractivity (Wildman–Crippen MR) is 74.8 cm³/mol. The topological polar surface area (TPSA) is 41.9 Å². The lowest BCUT2D eigenvalue weighted by Gasteiger charge is -2.30. The number of aliphatic hydroxyl groups excluding tert-OH is 1. The lowest BCUT2D eigenvalue weighted by Crippen LogP contribution is -2.37. The van der Waals surface area contributed by atoms with Crippen LogP contribution < -0.4 is 9.47 Å². The molecule has 1 atom stereocenters. The van der Waals surface area contributed by atoms with Crippen molar-refractivity contribution in [1.29, 1.82) is 0 Å². The van der Waals surface area contributed by atoms with Gasteiger partial charge >= 0.3 is 6.61 Å². The Bertz CT molecular complexity index is 457. The second-order valence-corrected chi connectivity index (χ2v) is 5.12. The molecule has 1 saturated heterocycles. The van der Waals surface area contributed by atoms with Gasteiger partial charge in [0.2, 0.25) is 0 Å². The molecule has 0 bridgehead atoms. The van der Waals surface area contributed by atoms with E-state index in [0.29, 0.717) is 25.4 Å². The summed E-state index contributed by atoms with van der Waals surface area (Å²) in [6.45, 7) is 1.53. The van der Waals surface area contributed by atoms with Crippen molar-refractivity contribution in [3.05, 3.63) is 23.8 Å². The van der Waals surface area contributed by atoms with Gasteiger partial charge in [-0.05, 0) is 44.0 Å². The van der Waals surface area contributed by atoms with E-state index in [-0.39, 0.29) is 11.9 Å². The zero-order valence-electron chi connectivity index (χ0n) is 12.1. The van der Waals surface area contributed by atoms with Crippen molar-refractivity contribution in [1.82, 2.24) is 4.90 Å². The molecular formula is C15H21F2NO3. The molecule has 6 heteroatoms. The maximum absolute atomic E-state index is 12.3. The monoisotopic (exact) mass is 301 g/mol. The van der Waals surface area contributed by atoms with Gasteiger partial charge in [-0.2, -0.15) is 8.78 Å². The molecule has 1 aromatic rings. The average molecular weight is 301 g/mol. The van der Waals surface area contributed by atoms with E-state index in [0.717, 1.165) is 24.9 Å². The average Bonchev–Trinajstić information content (AvgIpc) is 2.41. The van der Waals surface area contributed by atoms with E-state index in [2.05, 4.69) is 9.64 Å². The van der Waals surface area contributed by atoms with Gasteiger partial charge in [0.15, 0.2) is 11.5 Å². The summed E-state index contributed by atoms with van der Waals surface area (Å²) in [6, 6.07) is 4.98. The second kappa shape index (κ2) is 7.56. The molecule has 0 spiro atoms. The largest absolute Gasteiger partial charge is 0.490 e. The first-order valence-electron chi connectivity index (χ1n) is 7.19. The Kier molecular flexibility index (Phi) is 5.76. The number of likely N-dealkylation sites (tertiary alicyclic amines) is 1. The van der Waals surface area contributed by atoms with Crippen molar-refractivity contribution in [2.45, 2.75) is 39.0 Å². The molecule has 118 valence electrons. The molecule has 0 saturated carbocycles. The number of rotatable bonds is 6. The molecule has 1 heterocycles. The summed E-state index contributed by atoms with van der Waals surface area (Å²) in [5.74, 6) is 0.377. The first-order chi connectivity index (χ1) is 10.1. The molecule has 4 nitrogen and oxygen atoms in total. The summed E-state index contributed by atoms with van der Waals surface area (Å²) in [7, 11) is 0. The standard InChI is InChI=1S/C15H21F2NO3/c1-2-20-14-8-11(5-6-13(14)21-15(16)17)9-18-7-3-4-12(19)10-18/h5-6,8,12,15,19H,2-4,7,9-10H2,1H3. The fourth-order valence-corrected chi connectivity index (χ4v) is 2.55. The predicted octanol–water partition coefficient (Wildman–Crippen LogP) is 2.64. The van der Waals surface area contributed by atoms with E-state index < -0.39 is 6.61 Å². The molecule has 21 heavy (non-hydrogen) atoms. The van der Waals surface area contributed by atoms with Crippen molar-refractivity contribution in [2.24, 2.45) is 0 Å². The first kappa shape index (κ1) is 16.0. The molecule has 0 amide bonds. The zero-order chi connectivity index (χ0) is 15.2. The van der Waals surface area contributed by atoms with Gasteiger partial charge in [0.25, 0.3) is 0 Å². The minimum Gasteiger partial charge on any atom is -0.490 e. The van der Waals surface area contributed by atoms with Gasteiger partial charge in [-0.15, -0.1) is 0 Å². The van der Waals surface area contributed by atoms with E-state index >= 15 is 0 Å². The van der Waals surface area contributed by atoms with Gasteiger partial charge in [-0.1, -0.05) is 6.07 Å². The van der Waals surface area contributed by atoms with Crippen LogP contribution in [0.25, 0.3) is 0 Å². The van der Waals surface area contributed by atoms with E-state index in [4.69, 9.17) is 4.74 Å². The summed E-state index contributed by atoms with van der Waals surface area (Å²) in [6.07, 6.45) is 1.51. The number of alkyl halides is 2. The smallest absolute Gasteiger partial charge is 0.387 e. The van der Waals surface area contributed by atoms with E-state index in [1.165, 1.54) is 6.07 Å². The second-order valence-electron chi connectivity index (χ2n) is 5.12. The van der Waals surface area contributed by atoms with Gasteiger partial charge in [0, 0.05) is 13.1 Å². The van der Waals surface area contributed by atoms with E-state index in [1.54, 1.807) is 19.1 Å². The van der Waals surface area contributed by atoms with Crippen LogP contribution in [0.15, 0.2) is 18.2 Å². The molecule has 0 radical (unpaired) electrons. The highest BCUT2D eigenvalue weighted by Gasteiger charge is 2.18. The normalized spacial score (nSPS) is 19.8. The molecule has 1 aliphatic rings. The van der Waals surface area contributed by atoms with Gasteiger partial charge in [-0.3, -0.25) is 4.90 Å². The van der Waals surface area contributed by atoms with Crippen LogP contribution in [0.1, 0.15) is 25.3 Å². The van der Waals surface area contributed by atoms with Gasteiger partial charge in [-0.25, -0.2) is 0 Å². The van der Waals surface area contributed by atoms with Crippen LogP contribution in [0, 0.1) is 0 Å². The highest BCUT2D eigenvalue weighted by atomic mass is 19.3.